The quantitative estimate of drug-likeness (QED) is 0.706. The van der Waals surface area contributed by atoms with E-state index in [1.54, 1.807) is 7.11 Å². The molecule has 0 amide bonds. The topological polar surface area (TPSA) is 18.5 Å². The molecule has 2 nitrogen and oxygen atoms in total. The summed E-state index contributed by atoms with van der Waals surface area (Å²) in [6, 6.07) is 6.01. The van der Waals surface area contributed by atoms with Gasteiger partial charge in [0.05, 0.1) is 7.11 Å². The zero-order chi connectivity index (χ0) is 12.0. The van der Waals surface area contributed by atoms with E-state index in [-0.39, 0.29) is 0 Å². The normalized spacial score (nSPS) is 9.75. The highest BCUT2D eigenvalue weighted by Crippen LogP contribution is 2.23. The molecule has 88 valence electrons. The van der Waals surface area contributed by atoms with Gasteiger partial charge >= 0.3 is 0 Å². The van der Waals surface area contributed by atoms with Gasteiger partial charge in [-0.1, -0.05) is 12.5 Å². The Morgan fingerprint density at radius 3 is 2.44 bits per heavy atom. The Kier molecular flexibility index (Phi) is 4.90. The van der Waals surface area contributed by atoms with Gasteiger partial charge in [-0.15, -0.1) is 0 Å². The molecule has 1 rings (SSSR count). The number of aryl methyl sites for hydroxylation is 1. The third-order valence-corrected chi connectivity index (χ3v) is 2.33. The van der Waals surface area contributed by atoms with Crippen LogP contribution in [0.5, 0.6) is 11.5 Å². The first kappa shape index (κ1) is 12.6. The van der Waals surface area contributed by atoms with E-state index in [2.05, 4.69) is 32.9 Å². The molecule has 0 aliphatic heterocycles. The lowest BCUT2D eigenvalue weighted by atomic mass is 10.1. The van der Waals surface area contributed by atoms with Gasteiger partial charge in [0.15, 0.2) is 0 Å². The second-order valence-electron chi connectivity index (χ2n) is 3.96. The number of hydrogen-bond acceptors (Lipinski definition) is 2. The molecule has 2 heteroatoms. The van der Waals surface area contributed by atoms with Gasteiger partial charge in [-0.25, -0.2) is 0 Å². The fourth-order valence-corrected chi connectivity index (χ4v) is 1.34. The SMILES string of the molecule is CCc1cc(OC)cc(OCC=C(C)C)c1. The molecule has 0 spiro atoms. The van der Waals surface area contributed by atoms with Gasteiger partial charge in [-0.3, -0.25) is 0 Å². The second kappa shape index (κ2) is 6.21. The Labute approximate surface area is 97.9 Å². The van der Waals surface area contributed by atoms with Crippen LogP contribution in [0.4, 0.5) is 0 Å². The molecule has 0 saturated heterocycles. The molecule has 0 unspecified atom stereocenters. The third-order valence-electron chi connectivity index (χ3n) is 2.33. The van der Waals surface area contributed by atoms with Gasteiger partial charge in [0.2, 0.25) is 0 Å². The lowest BCUT2D eigenvalue weighted by Crippen LogP contribution is -1.96. The van der Waals surface area contributed by atoms with Crippen molar-refractivity contribution in [1.29, 1.82) is 0 Å². The molecule has 0 atom stereocenters. The van der Waals surface area contributed by atoms with Crippen molar-refractivity contribution in [3.8, 4) is 11.5 Å². The summed E-state index contributed by atoms with van der Waals surface area (Å²) in [5.74, 6) is 1.72. The summed E-state index contributed by atoms with van der Waals surface area (Å²) in [5.41, 5.74) is 2.49. The van der Waals surface area contributed by atoms with E-state index < -0.39 is 0 Å². The lowest BCUT2D eigenvalue weighted by Gasteiger charge is -2.08. The van der Waals surface area contributed by atoms with Crippen LogP contribution in [-0.4, -0.2) is 13.7 Å². The molecule has 0 bridgehead atoms. The summed E-state index contributed by atoms with van der Waals surface area (Å²) in [6.07, 6.45) is 3.04. The molecule has 0 aliphatic rings. The maximum atomic E-state index is 5.65. The summed E-state index contributed by atoms with van der Waals surface area (Å²) in [5, 5.41) is 0. The van der Waals surface area contributed by atoms with Crippen LogP contribution in [0, 0.1) is 0 Å². The lowest BCUT2D eigenvalue weighted by molar-refractivity contribution is 0.355. The molecule has 1 aromatic rings. The summed E-state index contributed by atoms with van der Waals surface area (Å²) >= 11 is 0. The molecule has 0 N–H and O–H groups in total. The van der Waals surface area contributed by atoms with Crippen LogP contribution in [0.15, 0.2) is 29.8 Å². The van der Waals surface area contributed by atoms with Crippen molar-refractivity contribution >= 4 is 0 Å². The number of rotatable bonds is 5. The van der Waals surface area contributed by atoms with Crippen LogP contribution in [0.2, 0.25) is 0 Å². The molecule has 16 heavy (non-hydrogen) atoms. The monoisotopic (exact) mass is 220 g/mol. The number of ether oxygens (including phenoxy) is 2. The first-order valence-electron chi connectivity index (χ1n) is 5.59. The second-order valence-corrected chi connectivity index (χ2v) is 3.96. The minimum absolute atomic E-state index is 0.610. The van der Waals surface area contributed by atoms with Crippen molar-refractivity contribution in [2.75, 3.05) is 13.7 Å². The van der Waals surface area contributed by atoms with Crippen LogP contribution in [-0.2, 0) is 6.42 Å². The molecule has 0 aromatic heterocycles. The smallest absolute Gasteiger partial charge is 0.123 e. The zero-order valence-electron chi connectivity index (χ0n) is 10.5. The van der Waals surface area contributed by atoms with Crippen LogP contribution in [0.25, 0.3) is 0 Å². The van der Waals surface area contributed by atoms with E-state index in [9.17, 15) is 0 Å². The van der Waals surface area contributed by atoms with E-state index in [1.807, 2.05) is 12.1 Å². The number of hydrogen-bond donors (Lipinski definition) is 0. The molecule has 1 aromatic carbocycles. The predicted octanol–water partition coefficient (Wildman–Crippen LogP) is 3.60. The number of benzene rings is 1. The van der Waals surface area contributed by atoms with E-state index in [0.717, 1.165) is 17.9 Å². The van der Waals surface area contributed by atoms with Gasteiger partial charge in [0, 0.05) is 6.07 Å². The summed E-state index contributed by atoms with van der Waals surface area (Å²) in [4.78, 5) is 0. The van der Waals surface area contributed by atoms with E-state index in [4.69, 9.17) is 9.47 Å². The minimum atomic E-state index is 0.610. The highest BCUT2D eigenvalue weighted by atomic mass is 16.5. The largest absolute Gasteiger partial charge is 0.497 e. The van der Waals surface area contributed by atoms with E-state index >= 15 is 0 Å². The fourth-order valence-electron chi connectivity index (χ4n) is 1.34. The van der Waals surface area contributed by atoms with Gasteiger partial charge in [-0.2, -0.15) is 0 Å². The molecule has 0 heterocycles. The van der Waals surface area contributed by atoms with Crippen LogP contribution in [0.1, 0.15) is 26.3 Å². The van der Waals surface area contributed by atoms with Gasteiger partial charge in [0.1, 0.15) is 18.1 Å². The minimum Gasteiger partial charge on any atom is -0.497 e. The maximum Gasteiger partial charge on any atom is 0.123 e. The van der Waals surface area contributed by atoms with Crippen molar-refractivity contribution in [2.45, 2.75) is 27.2 Å². The number of allylic oxidation sites excluding steroid dienone is 1. The van der Waals surface area contributed by atoms with Crippen molar-refractivity contribution < 1.29 is 9.47 Å². The number of methoxy groups -OCH3 is 1. The highest BCUT2D eigenvalue weighted by Gasteiger charge is 2.00. The van der Waals surface area contributed by atoms with Crippen molar-refractivity contribution in [1.82, 2.24) is 0 Å². The average Bonchev–Trinajstić information content (AvgIpc) is 2.28. The van der Waals surface area contributed by atoms with Crippen LogP contribution < -0.4 is 9.47 Å². The summed E-state index contributed by atoms with van der Waals surface area (Å²) < 4.78 is 10.9. The molecule has 0 radical (unpaired) electrons. The standard InChI is InChI=1S/C14H20O2/c1-5-12-8-13(15-4)10-14(9-12)16-7-6-11(2)3/h6,8-10H,5,7H2,1-4H3. The fraction of sp³-hybridized carbons (Fsp3) is 0.429. The molecular weight excluding hydrogens is 200 g/mol. The Balaban J connectivity index is 2.75. The Morgan fingerprint density at radius 2 is 1.88 bits per heavy atom. The molecule has 0 aliphatic carbocycles. The Morgan fingerprint density at radius 1 is 1.19 bits per heavy atom. The van der Waals surface area contributed by atoms with Gasteiger partial charge in [-0.05, 0) is 44.0 Å². The summed E-state index contributed by atoms with van der Waals surface area (Å²) in [6.45, 7) is 6.85. The average molecular weight is 220 g/mol. The Bertz CT molecular complexity index is 341. The van der Waals surface area contributed by atoms with Crippen molar-refractivity contribution in [2.24, 2.45) is 0 Å². The maximum absolute atomic E-state index is 5.65. The van der Waals surface area contributed by atoms with Crippen molar-refractivity contribution in [3.63, 3.8) is 0 Å². The molecule has 0 fully saturated rings. The predicted molar refractivity (Wildman–Crippen MR) is 67.3 cm³/mol. The molecule has 0 saturated carbocycles. The Hall–Kier alpha value is -1.44. The zero-order valence-corrected chi connectivity index (χ0v) is 10.5. The summed E-state index contributed by atoms with van der Waals surface area (Å²) in [7, 11) is 1.68. The third kappa shape index (κ3) is 3.97. The van der Waals surface area contributed by atoms with Crippen molar-refractivity contribution in [3.05, 3.63) is 35.4 Å². The van der Waals surface area contributed by atoms with E-state index in [0.29, 0.717) is 6.61 Å². The van der Waals surface area contributed by atoms with Gasteiger partial charge < -0.3 is 9.47 Å². The van der Waals surface area contributed by atoms with E-state index in [1.165, 1.54) is 11.1 Å². The van der Waals surface area contributed by atoms with Crippen LogP contribution >= 0.6 is 0 Å². The first-order chi connectivity index (χ1) is 7.65. The first-order valence-corrected chi connectivity index (χ1v) is 5.59. The van der Waals surface area contributed by atoms with Crippen LogP contribution in [0.3, 0.4) is 0 Å². The molecular formula is C14H20O2. The van der Waals surface area contributed by atoms with Gasteiger partial charge in [0.25, 0.3) is 0 Å². The highest BCUT2D eigenvalue weighted by molar-refractivity contribution is 5.38.